The minimum absolute atomic E-state index is 0. The van der Waals surface area contributed by atoms with Crippen LogP contribution in [0.4, 0.5) is 0 Å². The summed E-state index contributed by atoms with van der Waals surface area (Å²) in [5, 5.41) is 0.485. The normalized spacial score (nSPS) is 20.6. The summed E-state index contributed by atoms with van der Waals surface area (Å²) in [5.41, 5.74) is 8.06. The molecule has 0 aliphatic carbocycles. The lowest BCUT2D eigenvalue weighted by Gasteiger charge is -2.21. The van der Waals surface area contributed by atoms with Crippen molar-refractivity contribution in [3.63, 3.8) is 0 Å². The molecule has 2 aliphatic rings. The van der Waals surface area contributed by atoms with Gasteiger partial charge in [-0.3, -0.25) is 4.79 Å². The van der Waals surface area contributed by atoms with Crippen LogP contribution < -0.4 is 15.2 Å². The Bertz CT molecular complexity index is 832. The van der Waals surface area contributed by atoms with Crippen molar-refractivity contribution >= 4 is 29.9 Å². The second-order valence-electron chi connectivity index (χ2n) is 7.09. The largest absolute Gasteiger partial charge is 0.486 e. The van der Waals surface area contributed by atoms with Crippen molar-refractivity contribution < 1.29 is 14.3 Å². The van der Waals surface area contributed by atoms with E-state index in [1.165, 1.54) is 5.56 Å². The van der Waals surface area contributed by atoms with Crippen molar-refractivity contribution in [2.45, 2.75) is 12.3 Å². The lowest BCUT2D eigenvalue weighted by atomic mass is 9.89. The molecule has 2 aromatic rings. The molecule has 150 valence electrons. The number of likely N-dealkylation sites (tertiary alicyclic amines) is 1. The summed E-state index contributed by atoms with van der Waals surface area (Å²) in [6.07, 6.45) is 0.287. The number of nitrogens with zero attached hydrogens (tertiary/aromatic N) is 1. The summed E-state index contributed by atoms with van der Waals surface area (Å²) in [5.74, 6) is 1.82. The van der Waals surface area contributed by atoms with Gasteiger partial charge in [0, 0.05) is 19.0 Å². The zero-order valence-electron chi connectivity index (χ0n) is 15.5. The highest BCUT2D eigenvalue weighted by molar-refractivity contribution is 6.32. The van der Waals surface area contributed by atoms with E-state index < -0.39 is 0 Å². The van der Waals surface area contributed by atoms with Crippen molar-refractivity contribution in [1.82, 2.24) is 4.90 Å². The highest BCUT2D eigenvalue weighted by Gasteiger charge is 2.35. The molecule has 2 heterocycles. The Labute approximate surface area is 176 Å². The number of hydrogen-bond acceptors (Lipinski definition) is 4. The first-order valence-corrected chi connectivity index (χ1v) is 9.64. The highest BCUT2D eigenvalue weighted by atomic mass is 35.5. The van der Waals surface area contributed by atoms with E-state index in [0.717, 1.165) is 5.56 Å². The Morgan fingerprint density at radius 2 is 1.89 bits per heavy atom. The van der Waals surface area contributed by atoms with Crippen LogP contribution in [0.2, 0.25) is 5.02 Å². The Morgan fingerprint density at radius 1 is 1.14 bits per heavy atom. The molecule has 0 saturated carbocycles. The Morgan fingerprint density at radius 3 is 2.64 bits per heavy atom. The lowest BCUT2D eigenvalue weighted by Crippen LogP contribution is -2.31. The molecule has 1 fully saturated rings. The van der Waals surface area contributed by atoms with Gasteiger partial charge in [-0.25, -0.2) is 0 Å². The number of amides is 1. The van der Waals surface area contributed by atoms with Crippen LogP contribution in [0, 0.1) is 5.92 Å². The second-order valence-corrected chi connectivity index (χ2v) is 7.50. The molecule has 0 spiro atoms. The topological polar surface area (TPSA) is 64.8 Å². The maximum absolute atomic E-state index is 12.9. The van der Waals surface area contributed by atoms with E-state index in [4.69, 9.17) is 26.8 Å². The fraction of sp³-hybridized carbons (Fsp3) is 0.381. The molecule has 5 nitrogen and oxygen atoms in total. The molecule has 0 bridgehead atoms. The van der Waals surface area contributed by atoms with E-state index in [-0.39, 0.29) is 36.6 Å². The first-order chi connectivity index (χ1) is 13.2. The van der Waals surface area contributed by atoms with Crippen LogP contribution in [0.3, 0.4) is 0 Å². The minimum atomic E-state index is 0. The number of hydrogen-bond donors (Lipinski definition) is 1. The molecule has 2 aliphatic heterocycles. The van der Waals surface area contributed by atoms with E-state index in [9.17, 15) is 4.79 Å². The summed E-state index contributed by atoms with van der Waals surface area (Å²) in [6.45, 7) is 2.93. The zero-order chi connectivity index (χ0) is 18.8. The van der Waals surface area contributed by atoms with Gasteiger partial charge in [0.25, 0.3) is 0 Å². The van der Waals surface area contributed by atoms with Crippen LogP contribution in [0.5, 0.6) is 11.5 Å². The average Bonchev–Trinajstić information content (AvgIpc) is 3.13. The van der Waals surface area contributed by atoms with E-state index in [1.54, 1.807) is 6.07 Å². The molecular weight excluding hydrogens is 399 g/mol. The van der Waals surface area contributed by atoms with Gasteiger partial charge in [-0.15, -0.1) is 12.4 Å². The van der Waals surface area contributed by atoms with E-state index in [2.05, 4.69) is 12.1 Å². The molecule has 0 unspecified atom stereocenters. The lowest BCUT2D eigenvalue weighted by molar-refractivity contribution is -0.129. The molecule has 2 aromatic carbocycles. The van der Waals surface area contributed by atoms with Crippen LogP contribution in [-0.4, -0.2) is 43.7 Å². The number of nitrogens with two attached hydrogens (primary N) is 1. The van der Waals surface area contributed by atoms with Crippen LogP contribution in [0.25, 0.3) is 0 Å². The maximum atomic E-state index is 12.9. The van der Waals surface area contributed by atoms with Crippen LogP contribution in [-0.2, 0) is 11.2 Å². The number of benzene rings is 2. The predicted octanol–water partition coefficient (Wildman–Crippen LogP) is 3.28. The first kappa shape index (κ1) is 20.8. The second kappa shape index (κ2) is 9.03. The molecule has 1 saturated heterocycles. The molecule has 7 heteroatoms. The SMILES string of the molecule is Cl.NC[C@@H]1CN(C(=O)Cc2cc(Cl)c3c(c2)OCCO3)C[C@H]1c1ccccc1. The quantitative estimate of drug-likeness (QED) is 0.820. The summed E-state index contributed by atoms with van der Waals surface area (Å²) in [6, 6.07) is 13.9. The van der Waals surface area contributed by atoms with Crippen LogP contribution in [0.1, 0.15) is 17.0 Å². The van der Waals surface area contributed by atoms with E-state index in [1.807, 2.05) is 29.2 Å². The molecule has 1 amide bonds. The minimum Gasteiger partial charge on any atom is -0.486 e. The smallest absolute Gasteiger partial charge is 0.227 e. The number of halogens is 2. The number of carbonyl (C=O) groups excluding carboxylic acids is 1. The standard InChI is InChI=1S/C21H23ClN2O3.ClH/c22-18-8-14(9-19-21(18)27-7-6-26-19)10-20(25)24-12-16(11-23)17(13-24)15-4-2-1-3-5-15;/h1-5,8-9,16-17H,6-7,10-13,23H2;1H/t16-,17+;/m1./s1. The number of rotatable bonds is 4. The summed E-state index contributed by atoms with van der Waals surface area (Å²) >= 11 is 6.29. The zero-order valence-corrected chi connectivity index (χ0v) is 17.0. The Kier molecular flexibility index (Phi) is 6.70. The molecule has 4 rings (SSSR count). The molecule has 0 radical (unpaired) electrons. The van der Waals surface area contributed by atoms with Crippen molar-refractivity contribution in [1.29, 1.82) is 0 Å². The molecular formula is C21H24Cl2N2O3. The van der Waals surface area contributed by atoms with Gasteiger partial charge in [0.2, 0.25) is 5.91 Å². The molecule has 28 heavy (non-hydrogen) atoms. The number of ether oxygens (including phenoxy) is 2. The van der Waals surface area contributed by atoms with Crippen molar-refractivity contribution in [3.8, 4) is 11.5 Å². The van der Waals surface area contributed by atoms with E-state index in [0.29, 0.717) is 49.4 Å². The van der Waals surface area contributed by atoms with Gasteiger partial charge in [-0.2, -0.15) is 0 Å². The van der Waals surface area contributed by atoms with Gasteiger partial charge < -0.3 is 20.1 Å². The van der Waals surface area contributed by atoms with Gasteiger partial charge in [0.1, 0.15) is 13.2 Å². The van der Waals surface area contributed by atoms with Gasteiger partial charge in [0.15, 0.2) is 11.5 Å². The Balaban J connectivity index is 0.00000225. The molecule has 2 N–H and O–H groups in total. The van der Waals surface area contributed by atoms with Gasteiger partial charge >= 0.3 is 0 Å². The van der Waals surface area contributed by atoms with Crippen molar-refractivity contribution in [3.05, 3.63) is 58.6 Å². The fourth-order valence-corrected chi connectivity index (χ4v) is 4.23. The first-order valence-electron chi connectivity index (χ1n) is 9.26. The average molecular weight is 423 g/mol. The fourth-order valence-electron chi connectivity index (χ4n) is 3.94. The third-order valence-electron chi connectivity index (χ3n) is 5.34. The molecule has 0 aromatic heterocycles. The van der Waals surface area contributed by atoms with Gasteiger partial charge in [-0.05, 0) is 35.7 Å². The summed E-state index contributed by atoms with van der Waals surface area (Å²) in [7, 11) is 0. The summed E-state index contributed by atoms with van der Waals surface area (Å²) in [4.78, 5) is 14.8. The molecule has 2 atom stereocenters. The van der Waals surface area contributed by atoms with E-state index >= 15 is 0 Å². The van der Waals surface area contributed by atoms with Crippen molar-refractivity contribution in [2.75, 3.05) is 32.8 Å². The van der Waals surface area contributed by atoms with Crippen molar-refractivity contribution in [2.24, 2.45) is 11.7 Å². The number of carbonyl (C=O) groups is 1. The number of fused-ring (bicyclic) bond motifs is 1. The van der Waals surface area contributed by atoms with Gasteiger partial charge in [-0.1, -0.05) is 41.9 Å². The summed E-state index contributed by atoms with van der Waals surface area (Å²) < 4.78 is 11.1. The maximum Gasteiger partial charge on any atom is 0.227 e. The van der Waals surface area contributed by atoms with Crippen LogP contribution >= 0.6 is 24.0 Å². The predicted molar refractivity (Wildman–Crippen MR) is 112 cm³/mol. The Hall–Kier alpha value is -1.95. The van der Waals surface area contributed by atoms with Gasteiger partial charge in [0.05, 0.1) is 11.4 Å². The monoisotopic (exact) mass is 422 g/mol. The highest BCUT2D eigenvalue weighted by Crippen LogP contribution is 2.39. The third-order valence-corrected chi connectivity index (χ3v) is 5.62. The van der Waals surface area contributed by atoms with Crippen LogP contribution in [0.15, 0.2) is 42.5 Å². The third kappa shape index (κ3) is 4.22.